The summed E-state index contributed by atoms with van der Waals surface area (Å²) in [6, 6.07) is 13.8. The zero-order chi connectivity index (χ0) is 25.5. The lowest BCUT2D eigenvalue weighted by Gasteiger charge is -2.33. The molecule has 180 valence electrons. The Morgan fingerprint density at radius 1 is 1.03 bits per heavy atom. The minimum atomic E-state index is -4.85. The molecule has 0 aromatic heterocycles. The molecule has 9 heteroatoms. The van der Waals surface area contributed by atoms with Crippen molar-refractivity contribution in [2.75, 3.05) is 6.54 Å². The number of nitrogens with zero attached hydrogens (tertiary/aromatic N) is 1. The molecule has 1 atom stereocenters. The fraction of sp³-hybridized carbons (Fsp3) is 0.192. The second-order valence-corrected chi connectivity index (χ2v) is 8.29. The number of rotatable bonds is 5. The number of hydrogen-bond acceptors (Lipinski definition) is 3. The highest BCUT2D eigenvalue weighted by Gasteiger charge is 2.37. The predicted molar refractivity (Wildman–Crippen MR) is 118 cm³/mol. The van der Waals surface area contributed by atoms with E-state index in [1.54, 1.807) is 36.4 Å². The van der Waals surface area contributed by atoms with Crippen LogP contribution >= 0.6 is 0 Å². The molecular formula is C26H19F4NO4. The molecule has 5 nitrogen and oxygen atoms in total. The summed E-state index contributed by atoms with van der Waals surface area (Å²) in [5, 5.41) is 9.85. The molecule has 0 fully saturated rings. The Hall–Kier alpha value is -4.01. The number of Topliss-reactive ketones (excluding diaryl/α,β-unsaturated/α-hetero) is 1. The minimum absolute atomic E-state index is 0.100. The number of halogens is 4. The molecule has 1 aliphatic rings. The number of hydrogen-bond donors (Lipinski definition) is 1. The summed E-state index contributed by atoms with van der Waals surface area (Å²) in [5.74, 6) is -4.47. The molecule has 0 radical (unpaired) electrons. The van der Waals surface area contributed by atoms with E-state index in [1.807, 2.05) is 0 Å². The average Bonchev–Trinajstić information content (AvgIpc) is 2.79. The van der Waals surface area contributed by atoms with Gasteiger partial charge in [0.2, 0.25) is 0 Å². The molecule has 0 saturated heterocycles. The van der Waals surface area contributed by atoms with E-state index in [0.29, 0.717) is 28.8 Å². The molecule has 3 aromatic carbocycles. The van der Waals surface area contributed by atoms with Gasteiger partial charge in [-0.2, -0.15) is 13.2 Å². The normalized spacial score (nSPS) is 15.6. The van der Waals surface area contributed by atoms with Crippen molar-refractivity contribution < 1.29 is 37.1 Å². The van der Waals surface area contributed by atoms with Crippen molar-refractivity contribution in [2.45, 2.75) is 25.6 Å². The number of carbonyl (C=O) groups is 3. The number of alkyl halides is 3. The summed E-state index contributed by atoms with van der Waals surface area (Å²) >= 11 is 0. The Kier molecular flexibility index (Phi) is 6.19. The summed E-state index contributed by atoms with van der Waals surface area (Å²) in [4.78, 5) is 38.4. The van der Waals surface area contributed by atoms with Crippen molar-refractivity contribution in [3.05, 3.63) is 94.3 Å². The molecule has 0 saturated carbocycles. The first kappa shape index (κ1) is 24.1. The lowest BCUT2D eigenvalue weighted by molar-refractivity contribution is -0.140. The number of fused-ring (bicyclic) bond motifs is 1. The summed E-state index contributed by atoms with van der Waals surface area (Å²) in [6.45, 7) is 0.913. The number of carbonyl (C=O) groups excluding carboxylic acids is 2. The van der Waals surface area contributed by atoms with E-state index in [0.717, 1.165) is 6.07 Å². The van der Waals surface area contributed by atoms with Gasteiger partial charge < -0.3 is 10.0 Å². The fourth-order valence-corrected chi connectivity index (χ4v) is 4.28. The molecule has 1 aliphatic heterocycles. The van der Waals surface area contributed by atoms with Crippen LogP contribution in [0.15, 0.2) is 60.7 Å². The van der Waals surface area contributed by atoms with Gasteiger partial charge in [0, 0.05) is 24.2 Å². The highest BCUT2D eigenvalue weighted by Crippen LogP contribution is 2.35. The Bertz CT molecular complexity index is 1350. The predicted octanol–water partition coefficient (Wildman–Crippen LogP) is 5.54. The molecule has 1 N–H and O–H groups in total. The molecular weight excluding hydrogens is 466 g/mol. The molecule has 35 heavy (non-hydrogen) atoms. The van der Waals surface area contributed by atoms with Gasteiger partial charge >= 0.3 is 12.1 Å². The highest BCUT2D eigenvalue weighted by molar-refractivity contribution is 6.03. The van der Waals surface area contributed by atoms with Crippen LogP contribution < -0.4 is 0 Å². The second kappa shape index (κ2) is 8.98. The Labute approximate surface area is 197 Å². The first-order valence-electron chi connectivity index (χ1n) is 10.6. The highest BCUT2D eigenvalue weighted by atomic mass is 19.4. The maximum absolute atomic E-state index is 14.0. The van der Waals surface area contributed by atoms with Crippen LogP contribution in [0.4, 0.5) is 17.6 Å². The van der Waals surface area contributed by atoms with Crippen molar-refractivity contribution in [1.29, 1.82) is 0 Å². The van der Waals surface area contributed by atoms with Crippen LogP contribution in [0, 0.1) is 5.82 Å². The van der Waals surface area contributed by atoms with Gasteiger partial charge in [-0.15, -0.1) is 0 Å². The third-order valence-electron chi connectivity index (χ3n) is 5.98. The van der Waals surface area contributed by atoms with E-state index >= 15 is 0 Å². The average molecular weight is 485 g/mol. The minimum Gasteiger partial charge on any atom is -0.481 e. The largest absolute Gasteiger partial charge is 0.481 e. The fourth-order valence-electron chi connectivity index (χ4n) is 4.28. The number of carboxylic acid groups (broad SMARTS) is 1. The van der Waals surface area contributed by atoms with Gasteiger partial charge in [0.1, 0.15) is 11.7 Å². The van der Waals surface area contributed by atoms with E-state index in [4.69, 9.17) is 0 Å². The summed E-state index contributed by atoms with van der Waals surface area (Å²) in [5.41, 5.74) is 0.705. The SMILES string of the molecule is CC(=O)c1ccccc1-c1ccc2c(c1)C(C(=O)O)CN(Cc1ccc(C(F)(F)F)c(F)c1)C2=O. The number of benzene rings is 3. The van der Waals surface area contributed by atoms with Gasteiger partial charge in [-0.3, -0.25) is 14.4 Å². The number of carboxylic acids is 1. The van der Waals surface area contributed by atoms with Crippen LogP contribution in [0.2, 0.25) is 0 Å². The van der Waals surface area contributed by atoms with Crippen LogP contribution in [0.1, 0.15) is 50.2 Å². The molecule has 0 aliphatic carbocycles. The van der Waals surface area contributed by atoms with Crippen LogP contribution in [-0.4, -0.2) is 34.2 Å². The van der Waals surface area contributed by atoms with E-state index in [-0.39, 0.29) is 35.6 Å². The first-order valence-corrected chi connectivity index (χ1v) is 10.6. The summed E-state index contributed by atoms with van der Waals surface area (Å²) in [7, 11) is 0. The van der Waals surface area contributed by atoms with Crippen LogP contribution in [-0.2, 0) is 17.5 Å². The molecule has 1 amide bonds. The smallest absolute Gasteiger partial charge is 0.419 e. The van der Waals surface area contributed by atoms with Crippen molar-refractivity contribution in [3.8, 4) is 11.1 Å². The van der Waals surface area contributed by atoms with Crippen molar-refractivity contribution in [3.63, 3.8) is 0 Å². The zero-order valence-corrected chi connectivity index (χ0v) is 18.4. The molecule has 4 rings (SSSR count). The molecule has 0 spiro atoms. The van der Waals surface area contributed by atoms with Crippen LogP contribution in [0.25, 0.3) is 11.1 Å². The van der Waals surface area contributed by atoms with Crippen LogP contribution in [0.5, 0.6) is 0 Å². The molecule has 1 unspecified atom stereocenters. The van der Waals surface area contributed by atoms with E-state index < -0.39 is 35.4 Å². The van der Waals surface area contributed by atoms with E-state index in [1.165, 1.54) is 17.9 Å². The first-order chi connectivity index (χ1) is 16.5. The lowest BCUT2D eigenvalue weighted by Crippen LogP contribution is -2.41. The van der Waals surface area contributed by atoms with Crippen molar-refractivity contribution >= 4 is 17.7 Å². The van der Waals surface area contributed by atoms with E-state index in [9.17, 15) is 37.1 Å². The summed E-state index contributed by atoms with van der Waals surface area (Å²) in [6.07, 6.45) is -4.85. The topological polar surface area (TPSA) is 74.7 Å². The third-order valence-corrected chi connectivity index (χ3v) is 5.98. The number of aliphatic carboxylic acids is 1. The second-order valence-electron chi connectivity index (χ2n) is 8.29. The maximum Gasteiger partial charge on any atom is 0.419 e. The van der Waals surface area contributed by atoms with Gasteiger partial charge in [0.25, 0.3) is 5.91 Å². The molecule has 0 bridgehead atoms. The summed E-state index contributed by atoms with van der Waals surface area (Å²) < 4.78 is 52.5. The maximum atomic E-state index is 14.0. The molecule has 1 heterocycles. The van der Waals surface area contributed by atoms with Crippen LogP contribution in [0.3, 0.4) is 0 Å². The zero-order valence-electron chi connectivity index (χ0n) is 18.4. The Morgan fingerprint density at radius 2 is 1.74 bits per heavy atom. The van der Waals surface area contributed by atoms with E-state index in [2.05, 4.69) is 0 Å². The third kappa shape index (κ3) is 4.66. The van der Waals surface area contributed by atoms with Gasteiger partial charge in [0.05, 0.1) is 5.56 Å². The quantitative estimate of drug-likeness (QED) is 0.381. The van der Waals surface area contributed by atoms with Gasteiger partial charge in [-0.25, -0.2) is 4.39 Å². The monoisotopic (exact) mass is 485 g/mol. The van der Waals surface area contributed by atoms with Crippen molar-refractivity contribution in [1.82, 2.24) is 4.90 Å². The number of ketones is 1. The standard InChI is InChI=1S/C26H19F4NO4/c1-14(32)17-4-2-3-5-18(17)16-7-8-19-20(11-16)21(25(34)35)13-31(24(19)33)12-15-6-9-22(23(27)10-15)26(28,29)30/h2-11,21H,12-13H2,1H3,(H,34,35). The van der Waals surface area contributed by atoms with Crippen molar-refractivity contribution in [2.24, 2.45) is 0 Å². The lowest BCUT2D eigenvalue weighted by atomic mass is 9.85. The number of amides is 1. The van der Waals surface area contributed by atoms with Gasteiger partial charge in [0.15, 0.2) is 5.78 Å². The Balaban J connectivity index is 1.70. The van der Waals surface area contributed by atoms with Gasteiger partial charge in [-0.05, 0) is 53.4 Å². The molecule has 3 aromatic rings. The Morgan fingerprint density at radius 3 is 2.37 bits per heavy atom. The van der Waals surface area contributed by atoms with Gasteiger partial charge in [-0.1, -0.05) is 36.4 Å².